The summed E-state index contributed by atoms with van der Waals surface area (Å²) in [5, 5.41) is 0.826. The molecule has 0 N–H and O–H groups in total. The van der Waals surface area contributed by atoms with Gasteiger partial charge in [0, 0.05) is 15.5 Å². The highest BCUT2D eigenvalue weighted by molar-refractivity contribution is 9.10. The molecule has 1 aliphatic rings. The molecule has 6 heteroatoms. The van der Waals surface area contributed by atoms with Crippen LogP contribution in [-0.2, 0) is 4.79 Å². The summed E-state index contributed by atoms with van der Waals surface area (Å²) in [4.78, 5) is 19.4. The van der Waals surface area contributed by atoms with E-state index in [0.717, 1.165) is 20.0 Å². The van der Waals surface area contributed by atoms with Crippen LogP contribution in [0.2, 0.25) is 0 Å². The van der Waals surface area contributed by atoms with E-state index in [1.54, 1.807) is 23.1 Å². The maximum absolute atomic E-state index is 12.1. The number of carbonyl (C=O) groups excluding carboxylic acids is 1. The van der Waals surface area contributed by atoms with Gasteiger partial charge in [-0.25, -0.2) is 4.98 Å². The summed E-state index contributed by atoms with van der Waals surface area (Å²) in [7, 11) is 0. The molecular formula is C13H11BrN2OS2. The van der Waals surface area contributed by atoms with Crippen molar-refractivity contribution in [2.24, 2.45) is 0 Å². The van der Waals surface area contributed by atoms with Gasteiger partial charge in [0.05, 0.1) is 5.75 Å². The Hall–Kier alpha value is -0.850. The molecule has 0 aliphatic carbocycles. The standard InChI is InChI=1S/C13H11BrN2OS2/c1-8-6-15-13(19-8)16-11(17)7-18-12(16)9-2-4-10(14)5-3-9/h2-6,12H,7H2,1H3/t12-/m1/s1. The lowest BCUT2D eigenvalue weighted by Gasteiger charge is -2.21. The zero-order valence-electron chi connectivity index (χ0n) is 10.2. The zero-order chi connectivity index (χ0) is 13.4. The maximum atomic E-state index is 12.1. The van der Waals surface area contributed by atoms with Gasteiger partial charge in [0.1, 0.15) is 5.37 Å². The van der Waals surface area contributed by atoms with Crippen molar-refractivity contribution in [3.63, 3.8) is 0 Å². The van der Waals surface area contributed by atoms with Crippen molar-refractivity contribution < 1.29 is 4.79 Å². The predicted octanol–water partition coefficient (Wildman–Crippen LogP) is 3.99. The van der Waals surface area contributed by atoms with Gasteiger partial charge in [-0.15, -0.1) is 23.1 Å². The molecule has 0 bridgehead atoms. The summed E-state index contributed by atoms with van der Waals surface area (Å²) in [5.74, 6) is 0.645. The van der Waals surface area contributed by atoms with Crippen LogP contribution in [0.3, 0.4) is 0 Å². The summed E-state index contributed by atoms with van der Waals surface area (Å²) in [5.41, 5.74) is 1.13. The number of hydrogen-bond donors (Lipinski definition) is 0. The molecule has 1 fully saturated rings. The number of hydrogen-bond acceptors (Lipinski definition) is 4. The first kappa shape index (κ1) is 13.1. The maximum Gasteiger partial charge on any atom is 0.240 e. The van der Waals surface area contributed by atoms with Gasteiger partial charge in [-0.3, -0.25) is 9.69 Å². The summed E-state index contributed by atoms with van der Waals surface area (Å²) < 4.78 is 1.04. The van der Waals surface area contributed by atoms with E-state index >= 15 is 0 Å². The summed E-state index contributed by atoms with van der Waals surface area (Å²) >= 11 is 6.64. The van der Waals surface area contributed by atoms with Crippen molar-refractivity contribution in [3.8, 4) is 0 Å². The first-order chi connectivity index (χ1) is 9.15. The Morgan fingerprint density at radius 2 is 2.11 bits per heavy atom. The van der Waals surface area contributed by atoms with E-state index in [0.29, 0.717) is 5.75 Å². The van der Waals surface area contributed by atoms with Crippen molar-refractivity contribution in [2.75, 3.05) is 10.7 Å². The number of anilines is 1. The van der Waals surface area contributed by atoms with Gasteiger partial charge >= 0.3 is 0 Å². The number of thioether (sulfide) groups is 1. The van der Waals surface area contributed by atoms with Gasteiger partial charge in [0.25, 0.3) is 0 Å². The van der Waals surface area contributed by atoms with E-state index in [2.05, 4.69) is 20.9 Å². The molecule has 98 valence electrons. The number of amides is 1. The highest BCUT2D eigenvalue weighted by atomic mass is 79.9. The van der Waals surface area contributed by atoms with Crippen LogP contribution in [0.1, 0.15) is 15.8 Å². The van der Waals surface area contributed by atoms with E-state index in [9.17, 15) is 4.79 Å². The fourth-order valence-electron chi connectivity index (χ4n) is 1.96. The quantitative estimate of drug-likeness (QED) is 0.817. The third-order valence-corrected chi connectivity index (χ3v) is 5.49. The molecule has 1 aromatic heterocycles. The Morgan fingerprint density at radius 1 is 1.37 bits per heavy atom. The highest BCUT2D eigenvalue weighted by Crippen LogP contribution is 2.42. The molecular weight excluding hydrogens is 344 g/mol. The Kier molecular flexibility index (Phi) is 3.64. The third-order valence-electron chi connectivity index (χ3n) is 2.84. The van der Waals surface area contributed by atoms with E-state index in [-0.39, 0.29) is 11.3 Å². The minimum atomic E-state index is 0.0335. The lowest BCUT2D eigenvalue weighted by atomic mass is 10.2. The average molecular weight is 355 g/mol. The number of thiazole rings is 1. The number of benzene rings is 1. The predicted molar refractivity (Wildman–Crippen MR) is 83.7 cm³/mol. The van der Waals surface area contributed by atoms with Crippen LogP contribution in [-0.4, -0.2) is 16.6 Å². The monoisotopic (exact) mass is 354 g/mol. The molecule has 0 radical (unpaired) electrons. The minimum Gasteiger partial charge on any atom is -0.273 e. The van der Waals surface area contributed by atoms with Crippen LogP contribution >= 0.6 is 39.0 Å². The molecule has 3 rings (SSSR count). The molecule has 3 nitrogen and oxygen atoms in total. The summed E-state index contributed by atoms with van der Waals surface area (Å²) in [6.45, 7) is 2.00. The smallest absolute Gasteiger partial charge is 0.240 e. The molecule has 2 aromatic rings. The Bertz CT molecular complexity index is 611. The van der Waals surface area contributed by atoms with Gasteiger partial charge in [-0.2, -0.15) is 0 Å². The van der Waals surface area contributed by atoms with Crippen LogP contribution in [0.4, 0.5) is 5.13 Å². The first-order valence-electron chi connectivity index (χ1n) is 5.77. The number of aromatic nitrogens is 1. The van der Waals surface area contributed by atoms with Crippen LogP contribution < -0.4 is 4.90 Å². The average Bonchev–Trinajstić information content (AvgIpc) is 2.96. The number of aryl methyl sites for hydroxylation is 1. The van der Waals surface area contributed by atoms with Gasteiger partial charge in [0.15, 0.2) is 5.13 Å². The van der Waals surface area contributed by atoms with Crippen molar-refractivity contribution in [1.82, 2.24) is 4.98 Å². The number of nitrogens with zero attached hydrogens (tertiary/aromatic N) is 2. The number of rotatable bonds is 2. The molecule has 1 saturated heterocycles. The van der Waals surface area contributed by atoms with Crippen molar-refractivity contribution in [1.29, 1.82) is 0 Å². The third kappa shape index (κ3) is 2.57. The lowest BCUT2D eigenvalue weighted by molar-refractivity contribution is -0.115. The fraction of sp³-hybridized carbons (Fsp3) is 0.231. The van der Waals surface area contributed by atoms with Crippen LogP contribution in [0, 0.1) is 6.92 Å². The van der Waals surface area contributed by atoms with Crippen molar-refractivity contribution >= 4 is 50.1 Å². The van der Waals surface area contributed by atoms with Crippen LogP contribution in [0.25, 0.3) is 0 Å². The van der Waals surface area contributed by atoms with Crippen LogP contribution in [0.15, 0.2) is 34.9 Å². The molecule has 1 atom stereocenters. The molecule has 1 aromatic carbocycles. The van der Waals surface area contributed by atoms with Gasteiger partial charge in [-0.05, 0) is 24.6 Å². The van der Waals surface area contributed by atoms with E-state index in [1.165, 1.54) is 0 Å². The molecule has 0 unspecified atom stereocenters. The second kappa shape index (κ2) is 5.26. The molecule has 0 spiro atoms. The van der Waals surface area contributed by atoms with Gasteiger partial charge in [0.2, 0.25) is 5.91 Å². The van der Waals surface area contributed by atoms with E-state index in [1.807, 2.05) is 42.3 Å². The molecule has 2 heterocycles. The van der Waals surface area contributed by atoms with E-state index in [4.69, 9.17) is 0 Å². The molecule has 1 amide bonds. The largest absolute Gasteiger partial charge is 0.273 e. The number of halogens is 1. The Balaban J connectivity index is 1.96. The molecule has 19 heavy (non-hydrogen) atoms. The topological polar surface area (TPSA) is 33.2 Å². The van der Waals surface area contributed by atoms with Crippen LogP contribution in [0.5, 0.6) is 0 Å². The second-order valence-electron chi connectivity index (χ2n) is 4.23. The Morgan fingerprint density at radius 3 is 2.74 bits per heavy atom. The van der Waals surface area contributed by atoms with Gasteiger partial charge < -0.3 is 0 Å². The second-order valence-corrected chi connectivity index (χ2v) is 7.43. The first-order valence-corrected chi connectivity index (χ1v) is 8.42. The SMILES string of the molecule is Cc1cnc(N2C(=O)CS[C@@H]2c2ccc(Br)cc2)s1. The van der Waals surface area contributed by atoms with E-state index < -0.39 is 0 Å². The summed E-state index contributed by atoms with van der Waals surface area (Å²) in [6, 6.07) is 8.11. The minimum absolute atomic E-state index is 0.0335. The normalized spacial score (nSPS) is 19.2. The van der Waals surface area contributed by atoms with Gasteiger partial charge in [-0.1, -0.05) is 28.1 Å². The van der Waals surface area contributed by atoms with Crippen molar-refractivity contribution in [2.45, 2.75) is 12.3 Å². The zero-order valence-corrected chi connectivity index (χ0v) is 13.4. The highest BCUT2D eigenvalue weighted by Gasteiger charge is 2.35. The fourth-order valence-corrected chi connectivity index (χ4v) is 4.25. The lowest BCUT2D eigenvalue weighted by Crippen LogP contribution is -2.27. The number of carbonyl (C=O) groups is 1. The molecule has 0 saturated carbocycles. The molecule has 1 aliphatic heterocycles. The Labute approximate surface area is 128 Å². The summed E-state index contributed by atoms with van der Waals surface area (Å²) in [6.07, 6.45) is 1.81. The van der Waals surface area contributed by atoms with Crippen molar-refractivity contribution in [3.05, 3.63) is 45.4 Å².